The normalized spacial score (nSPS) is 18.8. The van der Waals surface area contributed by atoms with Gasteiger partial charge in [0, 0.05) is 47.9 Å². The van der Waals surface area contributed by atoms with Gasteiger partial charge in [-0.1, -0.05) is 12.1 Å². The number of thiazole rings is 1. The molecular formula is C16H19N3OS. The highest BCUT2D eigenvalue weighted by Crippen LogP contribution is 2.24. The third kappa shape index (κ3) is 3.14. The van der Waals surface area contributed by atoms with Crippen LogP contribution in [0.5, 0.6) is 0 Å². The lowest BCUT2D eigenvalue weighted by molar-refractivity contribution is 0.0709. The zero-order valence-electron chi connectivity index (χ0n) is 12.3. The molecule has 1 saturated heterocycles. The zero-order valence-corrected chi connectivity index (χ0v) is 13.1. The first-order chi connectivity index (χ1) is 10.1. The van der Waals surface area contributed by atoms with Gasteiger partial charge in [0.1, 0.15) is 5.01 Å². The maximum absolute atomic E-state index is 12.6. The van der Waals surface area contributed by atoms with Crippen molar-refractivity contribution in [3.63, 3.8) is 0 Å². The average Bonchev–Trinajstić information content (AvgIpc) is 2.93. The topological polar surface area (TPSA) is 45.2 Å². The average molecular weight is 301 g/mol. The third-order valence-electron chi connectivity index (χ3n) is 3.63. The molecule has 5 heteroatoms. The quantitative estimate of drug-likeness (QED) is 0.927. The van der Waals surface area contributed by atoms with Crippen LogP contribution in [0, 0.1) is 6.92 Å². The van der Waals surface area contributed by atoms with Crippen LogP contribution >= 0.6 is 11.3 Å². The Morgan fingerprint density at radius 1 is 1.48 bits per heavy atom. The van der Waals surface area contributed by atoms with Crippen molar-refractivity contribution >= 4 is 17.2 Å². The summed E-state index contributed by atoms with van der Waals surface area (Å²) >= 11 is 1.61. The van der Waals surface area contributed by atoms with E-state index in [1.165, 1.54) is 0 Å². The minimum atomic E-state index is 0.110. The van der Waals surface area contributed by atoms with E-state index in [1.54, 1.807) is 11.3 Å². The van der Waals surface area contributed by atoms with E-state index in [2.05, 4.69) is 17.2 Å². The van der Waals surface area contributed by atoms with Gasteiger partial charge in [0.2, 0.25) is 0 Å². The lowest BCUT2D eigenvalue weighted by atomic mass is 10.1. The Morgan fingerprint density at radius 3 is 3.05 bits per heavy atom. The number of amides is 1. The van der Waals surface area contributed by atoms with Gasteiger partial charge in [-0.15, -0.1) is 11.3 Å². The largest absolute Gasteiger partial charge is 0.336 e. The molecule has 1 aromatic carbocycles. The number of carbonyl (C=O) groups is 1. The van der Waals surface area contributed by atoms with Gasteiger partial charge in [-0.25, -0.2) is 4.98 Å². The number of rotatable bonds is 2. The molecule has 110 valence electrons. The summed E-state index contributed by atoms with van der Waals surface area (Å²) in [4.78, 5) is 19.0. The van der Waals surface area contributed by atoms with Gasteiger partial charge in [0.25, 0.3) is 5.91 Å². The molecule has 1 aliphatic rings. The van der Waals surface area contributed by atoms with E-state index in [1.807, 2.05) is 41.5 Å². The van der Waals surface area contributed by atoms with Crippen molar-refractivity contribution in [1.82, 2.24) is 15.2 Å². The van der Waals surface area contributed by atoms with Crippen LogP contribution in [0.15, 0.2) is 29.6 Å². The number of piperazine rings is 1. The fourth-order valence-corrected chi connectivity index (χ4v) is 3.37. The Kier molecular flexibility index (Phi) is 4.03. The van der Waals surface area contributed by atoms with Gasteiger partial charge in [-0.3, -0.25) is 4.79 Å². The Hall–Kier alpha value is -1.72. The van der Waals surface area contributed by atoms with Gasteiger partial charge in [-0.05, 0) is 26.0 Å². The molecule has 2 aromatic rings. The third-order valence-corrected chi connectivity index (χ3v) is 4.64. The van der Waals surface area contributed by atoms with E-state index >= 15 is 0 Å². The second-order valence-electron chi connectivity index (χ2n) is 5.48. The Morgan fingerprint density at radius 2 is 2.33 bits per heavy atom. The van der Waals surface area contributed by atoms with Crippen LogP contribution in [0.4, 0.5) is 0 Å². The summed E-state index contributed by atoms with van der Waals surface area (Å²) in [6.45, 7) is 6.48. The van der Waals surface area contributed by atoms with Gasteiger partial charge < -0.3 is 10.2 Å². The molecule has 3 rings (SSSR count). The minimum Gasteiger partial charge on any atom is -0.336 e. The van der Waals surface area contributed by atoms with E-state index in [4.69, 9.17) is 0 Å². The predicted octanol–water partition coefficient (Wildman–Crippen LogP) is 2.55. The molecule has 0 bridgehead atoms. The molecule has 1 amide bonds. The maximum Gasteiger partial charge on any atom is 0.253 e. The van der Waals surface area contributed by atoms with Gasteiger partial charge >= 0.3 is 0 Å². The monoisotopic (exact) mass is 301 g/mol. The molecule has 0 radical (unpaired) electrons. The van der Waals surface area contributed by atoms with Crippen molar-refractivity contribution in [3.05, 3.63) is 40.9 Å². The van der Waals surface area contributed by atoms with Crippen LogP contribution < -0.4 is 5.32 Å². The summed E-state index contributed by atoms with van der Waals surface area (Å²) in [5.74, 6) is 0.110. The van der Waals surface area contributed by atoms with Gasteiger partial charge in [-0.2, -0.15) is 0 Å². The summed E-state index contributed by atoms with van der Waals surface area (Å²) in [6, 6.07) is 8.14. The number of nitrogens with zero attached hydrogens (tertiary/aromatic N) is 2. The van der Waals surface area contributed by atoms with E-state index in [9.17, 15) is 4.79 Å². The van der Waals surface area contributed by atoms with Crippen LogP contribution in [0.1, 0.15) is 23.0 Å². The number of benzene rings is 1. The second kappa shape index (κ2) is 5.95. The number of nitrogens with one attached hydrogen (secondary N) is 1. The Labute approximate surface area is 128 Å². The summed E-state index contributed by atoms with van der Waals surface area (Å²) in [5, 5.41) is 6.35. The SMILES string of the molecule is Cc1csc(-c2cccc(C(=O)N3CCN[C@H](C)C3)c2)n1. The highest BCUT2D eigenvalue weighted by atomic mass is 32.1. The number of aryl methyl sites for hydroxylation is 1. The summed E-state index contributed by atoms with van der Waals surface area (Å²) < 4.78 is 0. The summed E-state index contributed by atoms with van der Waals surface area (Å²) in [7, 11) is 0. The smallest absolute Gasteiger partial charge is 0.253 e. The van der Waals surface area contributed by atoms with Crippen LogP contribution in [-0.4, -0.2) is 41.5 Å². The molecule has 1 N–H and O–H groups in total. The molecule has 0 spiro atoms. The molecule has 0 saturated carbocycles. The molecular weight excluding hydrogens is 282 g/mol. The zero-order chi connectivity index (χ0) is 14.8. The molecule has 1 aliphatic heterocycles. The number of aromatic nitrogens is 1. The number of hydrogen-bond acceptors (Lipinski definition) is 4. The highest BCUT2D eigenvalue weighted by Gasteiger charge is 2.21. The van der Waals surface area contributed by atoms with Crippen molar-refractivity contribution in [2.24, 2.45) is 0 Å². The van der Waals surface area contributed by atoms with Gasteiger partial charge in [0.15, 0.2) is 0 Å². The van der Waals surface area contributed by atoms with Crippen LogP contribution in [0.25, 0.3) is 10.6 Å². The van der Waals surface area contributed by atoms with Crippen LogP contribution in [0.3, 0.4) is 0 Å². The molecule has 0 aliphatic carbocycles. The van der Waals surface area contributed by atoms with Crippen molar-refractivity contribution in [3.8, 4) is 10.6 Å². The number of carbonyl (C=O) groups excluding carboxylic acids is 1. The fourth-order valence-electron chi connectivity index (χ4n) is 2.57. The molecule has 4 nitrogen and oxygen atoms in total. The molecule has 21 heavy (non-hydrogen) atoms. The molecule has 2 heterocycles. The fraction of sp³-hybridized carbons (Fsp3) is 0.375. The molecule has 1 atom stereocenters. The van der Waals surface area contributed by atoms with E-state index in [0.29, 0.717) is 6.04 Å². The summed E-state index contributed by atoms with van der Waals surface area (Å²) in [5.41, 5.74) is 2.78. The van der Waals surface area contributed by atoms with E-state index in [-0.39, 0.29) is 5.91 Å². The van der Waals surface area contributed by atoms with Crippen LogP contribution in [-0.2, 0) is 0 Å². The first-order valence-corrected chi connectivity index (χ1v) is 8.06. The van der Waals surface area contributed by atoms with Crippen molar-refractivity contribution in [2.45, 2.75) is 19.9 Å². The van der Waals surface area contributed by atoms with Crippen molar-refractivity contribution in [2.75, 3.05) is 19.6 Å². The van der Waals surface area contributed by atoms with Crippen molar-refractivity contribution < 1.29 is 4.79 Å². The second-order valence-corrected chi connectivity index (χ2v) is 6.34. The maximum atomic E-state index is 12.6. The standard InChI is InChI=1S/C16H19N3OS/c1-11-9-19(7-6-17-11)16(20)14-5-3-4-13(8-14)15-18-12(2)10-21-15/h3-5,8,10-11,17H,6-7,9H2,1-2H3/t11-/m1/s1. The lowest BCUT2D eigenvalue weighted by Crippen LogP contribution is -2.51. The first-order valence-electron chi connectivity index (χ1n) is 7.19. The Balaban J connectivity index is 1.84. The first kappa shape index (κ1) is 14.2. The predicted molar refractivity (Wildman–Crippen MR) is 85.7 cm³/mol. The van der Waals surface area contributed by atoms with E-state index < -0.39 is 0 Å². The molecule has 1 fully saturated rings. The van der Waals surface area contributed by atoms with Crippen molar-refractivity contribution in [1.29, 1.82) is 0 Å². The lowest BCUT2D eigenvalue weighted by Gasteiger charge is -2.32. The van der Waals surface area contributed by atoms with E-state index in [0.717, 1.165) is 41.5 Å². The molecule has 1 aromatic heterocycles. The minimum absolute atomic E-state index is 0.110. The number of hydrogen-bond donors (Lipinski definition) is 1. The summed E-state index contributed by atoms with van der Waals surface area (Å²) in [6.07, 6.45) is 0. The Bertz CT molecular complexity index is 652. The van der Waals surface area contributed by atoms with Crippen LogP contribution in [0.2, 0.25) is 0 Å². The molecule has 0 unspecified atom stereocenters. The highest BCUT2D eigenvalue weighted by molar-refractivity contribution is 7.13. The van der Waals surface area contributed by atoms with Gasteiger partial charge in [0.05, 0.1) is 0 Å².